The Morgan fingerprint density at radius 1 is 1.41 bits per heavy atom. The summed E-state index contributed by atoms with van der Waals surface area (Å²) >= 11 is 1.76. The molecule has 0 amide bonds. The molecule has 3 nitrogen and oxygen atoms in total. The number of aromatic nitrogens is 1. The Morgan fingerprint density at radius 3 is 2.65 bits per heavy atom. The van der Waals surface area contributed by atoms with E-state index in [1.807, 2.05) is 25.2 Å². The Balaban J connectivity index is 0.00000256. The minimum absolute atomic E-state index is 0. The van der Waals surface area contributed by atoms with Gasteiger partial charge in [0.1, 0.15) is 0 Å². The maximum absolute atomic E-state index is 4.35. The van der Waals surface area contributed by atoms with Crippen molar-refractivity contribution < 1.29 is 0 Å². The van der Waals surface area contributed by atoms with E-state index in [2.05, 4.69) is 24.1 Å². The van der Waals surface area contributed by atoms with Gasteiger partial charge < -0.3 is 10.2 Å². The van der Waals surface area contributed by atoms with Gasteiger partial charge in [-0.25, -0.2) is 4.98 Å². The first kappa shape index (κ1) is 16.7. The minimum Gasteiger partial charge on any atom is -0.354 e. The summed E-state index contributed by atoms with van der Waals surface area (Å²) in [5, 5.41) is 4.54. The zero-order valence-corrected chi connectivity index (χ0v) is 12.8. The summed E-state index contributed by atoms with van der Waals surface area (Å²) in [6.45, 7) is 6.59. The Kier molecular flexibility index (Phi) is 8.56. The van der Waals surface area contributed by atoms with E-state index in [4.69, 9.17) is 0 Å². The molecule has 5 heteroatoms. The summed E-state index contributed by atoms with van der Waals surface area (Å²) in [5.74, 6) is 0.811. The smallest absolute Gasteiger partial charge is 0.185 e. The lowest BCUT2D eigenvalue weighted by Gasteiger charge is -2.06. The van der Waals surface area contributed by atoms with Gasteiger partial charge in [-0.3, -0.25) is 0 Å². The molecule has 0 aliphatic rings. The molecule has 0 atom stereocenters. The summed E-state index contributed by atoms with van der Waals surface area (Å²) in [5.41, 5.74) is 0. The molecule has 17 heavy (non-hydrogen) atoms. The maximum atomic E-state index is 4.35. The van der Waals surface area contributed by atoms with Crippen molar-refractivity contribution in [1.29, 1.82) is 0 Å². The summed E-state index contributed by atoms with van der Waals surface area (Å²) in [7, 11) is 4.05. The fourth-order valence-corrected chi connectivity index (χ4v) is 2.23. The Morgan fingerprint density at radius 2 is 2.12 bits per heavy atom. The van der Waals surface area contributed by atoms with Gasteiger partial charge in [0, 0.05) is 31.7 Å². The summed E-state index contributed by atoms with van der Waals surface area (Å²) in [6.07, 6.45) is 4.53. The predicted molar refractivity (Wildman–Crippen MR) is 79.5 cm³/mol. The molecule has 100 valence electrons. The molecule has 0 fully saturated rings. The fraction of sp³-hybridized carbons (Fsp3) is 0.750. The molecule has 0 bridgehead atoms. The van der Waals surface area contributed by atoms with E-state index in [0.29, 0.717) is 0 Å². The van der Waals surface area contributed by atoms with Crippen LogP contribution in [0.5, 0.6) is 0 Å². The van der Waals surface area contributed by atoms with Gasteiger partial charge in [0.2, 0.25) is 0 Å². The molecular formula is C12H24ClN3S. The normalized spacial score (nSPS) is 10.4. The number of halogens is 1. The summed E-state index contributed by atoms with van der Waals surface area (Å²) in [6, 6.07) is 0. The number of anilines is 1. The fourth-order valence-electron chi connectivity index (χ4n) is 1.43. The van der Waals surface area contributed by atoms with Crippen molar-refractivity contribution in [2.45, 2.75) is 33.2 Å². The molecule has 0 aromatic carbocycles. The van der Waals surface area contributed by atoms with Crippen molar-refractivity contribution >= 4 is 28.9 Å². The molecule has 1 rings (SSSR count). The average molecular weight is 278 g/mol. The van der Waals surface area contributed by atoms with Crippen LogP contribution in [0.2, 0.25) is 0 Å². The molecule has 1 aromatic rings. The number of hydrogen-bond acceptors (Lipinski definition) is 4. The van der Waals surface area contributed by atoms with Crippen molar-refractivity contribution in [3.63, 3.8) is 0 Å². The van der Waals surface area contributed by atoms with Crippen LogP contribution in [0, 0.1) is 5.92 Å². The lowest BCUT2D eigenvalue weighted by Crippen LogP contribution is -2.14. The highest BCUT2D eigenvalue weighted by molar-refractivity contribution is 7.15. The zero-order chi connectivity index (χ0) is 12.0. The Hall–Kier alpha value is -0.320. The van der Waals surface area contributed by atoms with Crippen LogP contribution in [0.1, 0.15) is 31.6 Å². The predicted octanol–water partition coefficient (Wildman–Crippen LogP) is 3.16. The molecule has 0 spiro atoms. The molecule has 1 aromatic heterocycles. The highest BCUT2D eigenvalue weighted by atomic mass is 35.5. The van der Waals surface area contributed by atoms with Crippen LogP contribution in [0.25, 0.3) is 0 Å². The van der Waals surface area contributed by atoms with Crippen LogP contribution in [-0.4, -0.2) is 25.6 Å². The third-order valence-corrected chi connectivity index (χ3v) is 3.52. The Bertz CT molecular complexity index is 300. The second-order valence-electron chi connectivity index (χ2n) is 4.72. The summed E-state index contributed by atoms with van der Waals surface area (Å²) in [4.78, 5) is 7.71. The number of hydrogen-bond donors (Lipinski definition) is 1. The van der Waals surface area contributed by atoms with E-state index in [1.165, 1.54) is 17.7 Å². The van der Waals surface area contributed by atoms with E-state index < -0.39 is 0 Å². The van der Waals surface area contributed by atoms with Gasteiger partial charge in [-0.05, 0) is 25.3 Å². The van der Waals surface area contributed by atoms with Crippen LogP contribution in [0.15, 0.2) is 6.20 Å². The zero-order valence-electron chi connectivity index (χ0n) is 11.2. The first-order valence-corrected chi connectivity index (χ1v) is 6.74. The standard InChI is InChI=1S/C12H23N3S.ClH/c1-10(2)6-5-7-13-8-11-9-14-12(16-11)15(3)4;/h9-10,13H,5-8H2,1-4H3;1H. The second-order valence-corrected chi connectivity index (χ2v) is 5.81. The maximum Gasteiger partial charge on any atom is 0.185 e. The van der Waals surface area contributed by atoms with Crippen molar-refractivity contribution in [2.24, 2.45) is 5.92 Å². The van der Waals surface area contributed by atoms with Crippen LogP contribution >= 0.6 is 23.7 Å². The number of nitrogens with zero attached hydrogens (tertiary/aromatic N) is 2. The lowest BCUT2D eigenvalue weighted by atomic mass is 10.1. The first-order valence-electron chi connectivity index (χ1n) is 5.92. The number of thiazole rings is 1. The van der Waals surface area contributed by atoms with Crippen molar-refractivity contribution in [3.05, 3.63) is 11.1 Å². The average Bonchev–Trinajstić information content (AvgIpc) is 2.65. The third kappa shape index (κ3) is 6.86. The highest BCUT2D eigenvalue weighted by Gasteiger charge is 2.02. The van der Waals surface area contributed by atoms with Gasteiger partial charge in [0.05, 0.1) is 0 Å². The lowest BCUT2D eigenvalue weighted by molar-refractivity contribution is 0.528. The molecular weight excluding hydrogens is 254 g/mol. The van der Waals surface area contributed by atoms with E-state index in [9.17, 15) is 0 Å². The number of rotatable bonds is 7. The van der Waals surface area contributed by atoms with E-state index in [1.54, 1.807) is 11.3 Å². The van der Waals surface area contributed by atoms with Crippen LogP contribution in [-0.2, 0) is 6.54 Å². The number of nitrogens with one attached hydrogen (secondary N) is 1. The van der Waals surface area contributed by atoms with Gasteiger partial charge in [0.15, 0.2) is 5.13 Å². The topological polar surface area (TPSA) is 28.2 Å². The van der Waals surface area contributed by atoms with Gasteiger partial charge in [-0.2, -0.15) is 0 Å². The van der Waals surface area contributed by atoms with Gasteiger partial charge >= 0.3 is 0 Å². The molecule has 0 unspecified atom stereocenters. The van der Waals surface area contributed by atoms with E-state index >= 15 is 0 Å². The van der Waals surface area contributed by atoms with Crippen LogP contribution in [0.4, 0.5) is 5.13 Å². The monoisotopic (exact) mass is 277 g/mol. The van der Waals surface area contributed by atoms with Gasteiger partial charge in [-0.15, -0.1) is 23.7 Å². The molecule has 1 N–H and O–H groups in total. The van der Waals surface area contributed by atoms with Crippen molar-refractivity contribution in [2.75, 3.05) is 25.5 Å². The molecule has 0 saturated carbocycles. The van der Waals surface area contributed by atoms with Gasteiger partial charge in [0.25, 0.3) is 0 Å². The largest absolute Gasteiger partial charge is 0.354 e. The van der Waals surface area contributed by atoms with Crippen molar-refractivity contribution in [3.8, 4) is 0 Å². The SMILES string of the molecule is CC(C)CCCNCc1cnc(N(C)C)s1.Cl. The molecule has 0 radical (unpaired) electrons. The van der Waals surface area contributed by atoms with Crippen molar-refractivity contribution in [1.82, 2.24) is 10.3 Å². The molecule has 0 aliphatic heterocycles. The third-order valence-electron chi connectivity index (χ3n) is 2.36. The molecule has 1 heterocycles. The van der Waals surface area contributed by atoms with E-state index in [0.717, 1.165) is 24.1 Å². The minimum atomic E-state index is 0. The molecule has 0 aliphatic carbocycles. The Labute approximate surface area is 115 Å². The van der Waals surface area contributed by atoms with Crippen LogP contribution < -0.4 is 10.2 Å². The van der Waals surface area contributed by atoms with Gasteiger partial charge in [-0.1, -0.05) is 13.8 Å². The second kappa shape index (κ2) is 8.72. The quantitative estimate of drug-likeness (QED) is 0.776. The highest BCUT2D eigenvalue weighted by Crippen LogP contribution is 2.19. The summed E-state index contributed by atoms with van der Waals surface area (Å²) < 4.78 is 0. The van der Waals surface area contributed by atoms with E-state index in [-0.39, 0.29) is 12.4 Å². The molecule has 0 saturated heterocycles. The van der Waals surface area contributed by atoms with Crippen LogP contribution in [0.3, 0.4) is 0 Å². The first-order chi connectivity index (χ1) is 7.59.